The van der Waals surface area contributed by atoms with E-state index in [1.54, 1.807) is 41.2 Å². The van der Waals surface area contributed by atoms with E-state index in [2.05, 4.69) is 16.5 Å². The second-order valence-corrected chi connectivity index (χ2v) is 8.16. The van der Waals surface area contributed by atoms with Crippen molar-refractivity contribution >= 4 is 34.8 Å². The molecule has 0 spiro atoms. The van der Waals surface area contributed by atoms with Crippen LogP contribution in [0.3, 0.4) is 0 Å². The van der Waals surface area contributed by atoms with Crippen LogP contribution in [0.1, 0.15) is 27.4 Å². The van der Waals surface area contributed by atoms with Crippen molar-refractivity contribution in [2.75, 3.05) is 5.32 Å². The molecule has 0 aliphatic heterocycles. The van der Waals surface area contributed by atoms with Crippen LogP contribution in [0.2, 0.25) is 10.0 Å². The van der Waals surface area contributed by atoms with Gasteiger partial charge in [-0.05, 0) is 49.7 Å². The number of halogens is 2. The monoisotopic (exact) mass is 485 g/mol. The lowest BCUT2D eigenvalue weighted by atomic mass is 10.1. The zero-order valence-corrected chi connectivity index (χ0v) is 19.5. The number of nitrogens with zero attached hydrogens (tertiary/aromatic N) is 2. The third-order valence-corrected chi connectivity index (χ3v) is 5.55. The first-order valence-corrected chi connectivity index (χ1v) is 10.8. The van der Waals surface area contributed by atoms with Crippen molar-refractivity contribution in [2.24, 2.45) is 0 Å². The SMILES string of the molecule is Cc1ccc(OCn2cc(NC(=O)c3ccc(COc4cccc(Cl)c4Cl)o3)cn2)c(C)c1. The molecule has 0 aliphatic carbocycles. The number of aryl methyl sites for hydroxylation is 2. The summed E-state index contributed by atoms with van der Waals surface area (Å²) in [5.74, 6) is 1.42. The van der Waals surface area contributed by atoms with E-state index in [1.807, 2.05) is 26.0 Å². The number of hydrogen-bond acceptors (Lipinski definition) is 5. The van der Waals surface area contributed by atoms with Gasteiger partial charge in [0.2, 0.25) is 0 Å². The number of nitrogens with one attached hydrogen (secondary N) is 1. The number of carbonyl (C=O) groups excluding carboxylic acids is 1. The summed E-state index contributed by atoms with van der Waals surface area (Å²) < 4.78 is 18.6. The van der Waals surface area contributed by atoms with Gasteiger partial charge in [0.1, 0.15) is 28.9 Å². The maximum Gasteiger partial charge on any atom is 0.291 e. The number of rotatable bonds is 8. The fraction of sp³-hybridized carbons (Fsp3) is 0.167. The molecule has 9 heteroatoms. The average Bonchev–Trinajstić information content (AvgIpc) is 3.44. The lowest BCUT2D eigenvalue weighted by Crippen LogP contribution is -2.10. The molecule has 170 valence electrons. The van der Waals surface area contributed by atoms with Crippen LogP contribution in [0.25, 0.3) is 0 Å². The van der Waals surface area contributed by atoms with Crippen LogP contribution in [0.4, 0.5) is 5.69 Å². The number of carbonyl (C=O) groups is 1. The molecule has 0 radical (unpaired) electrons. The van der Waals surface area contributed by atoms with Crippen molar-refractivity contribution in [3.8, 4) is 11.5 Å². The lowest BCUT2D eigenvalue weighted by molar-refractivity contribution is 0.0992. The smallest absolute Gasteiger partial charge is 0.291 e. The Balaban J connectivity index is 1.31. The summed E-state index contributed by atoms with van der Waals surface area (Å²) in [7, 11) is 0. The Morgan fingerprint density at radius 1 is 1.09 bits per heavy atom. The molecule has 0 saturated carbocycles. The Labute approximate surface area is 200 Å². The summed E-state index contributed by atoms with van der Waals surface area (Å²) in [6.45, 7) is 4.33. The van der Waals surface area contributed by atoms with Crippen LogP contribution < -0.4 is 14.8 Å². The summed E-state index contributed by atoms with van der Waals surface area (Å²) >= 11 is 12.1. The van der Waals surface area contributed by atoms with E-state index >= 15 is 0 Å². The van der Waals surface area contributed by atoms with Gasteiger partial charge in [0.05, 0.1) is 23.1 Å². The molecule has 7 nitrogen and oxygen atoms in total. The third-order valence-electron chi connectivity index (χ3n) is 4.75. The first kappa shape index (κ1) is 22.8. The largest absolute Gasteiger partial charge is 0.484 e. The summed E-state index contributed by atoms with van der Waals surface area (Å²) in [6.07, 6.45) is 3.22. The molecular formula is C24H21Cl2N3O4. The minimum atomic E-state index is -0.406. The van der Waals surface area contributed by atoms with Crippen LogP contribution >= 0.6 is 23.2 Å². The van der Waals surface area contributed by atoms with Crippen molar-refractivity contribution in [3.05, 3.63) is 93.6 Å². The van der Waals surface area contributed by atoms with E-state index in [4.69, 9.17) is 37.1 Å². The summed E-state index contributed by atoms with van der Waals surface area (Å²) in [4.78, 5) is 12.5. The molecule has 4 rings (SSSR count). The Morgan fingerprint density at radius 3 is 2.76 bits per heavy atom. The molecule has 0 saturated heterocycles. The molecule has 0 fully saturated rings. The quantitative estimate of drug-likeness (QED) is 0.318. The van der Waals surface area contributed by atoms with Gasteiger partial charge in [0.15, 0.2) is 12.5 Å². The number of benzene rings is 2. The van der Waals surface area contributed by atoms with Gasteiger partial charge in [-0.3, -0.25) is 4.79 Å². The molecule has 0 aliphatic rings. The average molecular weight is 486 g/mol. The molecular weight excluding hydrogens is 465 g/mol. The number of hydrogen-bond donors (Lipinski definition) is 1. The molecule has 33 heavy (non-hydrogen) atoms. The molecule has 4 aromatic rings. The van der Waals surface area contributed by atoms with Gasteiger partial charge >= 0.3 is 0 Å². The molecule has 1 N–H and O–H groups in total. The van der Waals surface area contributed by atoms with Crippen LogP contribution in [0.5, 0.6) is 11.5 Å². The second kappa shape index (κ2) is 10.0. The minimum absolute atomic E-state index is 0.0983. The zero-order valence-electron chi connectivity index (χ0n) is 18.0. The summed E-state index contributed by atoms with van der Waals surface area (Å²) in [6, 6.07) is 14.3. The van der Waals surface area contributed by atoms with Gasteiger partial charge in [-0.15, -0.1) is 0 Å². The van der Waals surface area contributed by atoms with Gasteiger partial charge in [-0.25, -0.2) is 4.68 Å². The minimum Gasteiger partial charge on any atom is -0.484 e. The molecule has 2 heterocycles. The summed E-state index contributed by atoms with van der Waals surface area (Å²) in [5.41, 5.74) is 2.74. The van der Waals surface area contributed by atoms with Crippen LogP contribution in [0.15, 0.2) is 65.3 Å². The highest BCUT2D eigenvalue weighted by molar-refractivity contribution is 6.42. The molecule has 1 amide bonds. The third kappa shape index (κ3) is 5.69. The Bertz CT molecular complexity index is 1280. The first-order valence-electron chi connectivity index (χ1n) is 10.1. The van der Waals surface area contributed by atoms with Crippen molar-refractivity contribution in [3.63, 3.8) is 0 Å². The van der Waals surface area contributed by atoms with E-state index in [9.17, 15) is 4.79 Å². The Hall–Kier alpha value is -3.42. The van der Waals surface area contributed by atoms with E-state index < -0.39 is 5.91 Å². The number of furan rings is 1. The van der Waals surface area contributed by atoms with Gasteiger partial charge in [0.25, 0.3) is 5.91 Å². The van der Waals surface area contributed by atoms with Crippen LogP contribution in [-0.2, 0) is 13.3 Å². The van der Waals surface area contributed by atoms with Gasteiger partial charge in [-0.2, -0.15) is 5.10 Å². The molecule has 0 bridgehead atoms. The van der Waals surface area contributed by atoms with E-state index in [0.29, 0.717) is 27.2 Å². The second-order valence-electron chi connectivity index (χ2n) is 7.37. The maximum atomic E-state index is 12.5. The summed E-state index contributed by atoms with van der Waals surface area (Å²) in [5, 5.41) is 7.68. The van der Waals surface area contributed by atoms with Gasteiger partial charge in [-0.1, -0.05) is 47.0 Å². The molecule has 0 atom stereocenters. The van der Waals surface area contributed by atoms with Crippen molar-refractivity contribution in [1.29, 1.82) is 0 Å². The highest BCUT2D eigenvalue weighted by Crippen LogP contribution is 2.32. The molecule has 2 aromatic carbocycles. The first-order chi connectivity index (χ1) is 15.9. The number of anilines is 1. The standard InChI is InChI=1S/C24H21Cl2N3O4/c1-15-6-8-20(16(2)10-15)32-14-29-12-17(11-27-29)28-24(30)22-9-7-18(33-22)13-31-21-5-3-4-19(25)23(21)26/h3-12H,13-14H2,1-2H3,(H,28,30). The Kier molecular flexibility index (Phi) is 6.91. The zero-order chi connectivity index (χ0) is 23.4. The van der Waals surface area contributed by atoms with E-state index in [-0.39, 0.29) is 19.1 Å². The van der Waals surface area contributed by atoms with Crippen LogP contribution in [0, 0.1) is 13.8 Å². The number of amides is 1. The van der Waals surface area contributed by atoms with E-state index in [0.717, 1.165) is 11.3 Å². The number of ether oxygens (including phenoxy) is 2. The predicted octanol–water partition coefficient (Wildman–Crippen LogP) is 6.27. The van der Waals surface area contributed by atoms with Crippen molar-refractivity contribution in [2.45, 2.75) is 27.2 Å². The topological polar surface area (TPSA) is 78.5 Å². The normalized spacial score (nSPS) is 10.8. The molecule has 2 aromatic heterocycles. The number of aromatic nitrogens is 2. The van der Waals surface area contributed by atoms with Gasteiger partial charge in [0, 0.05) is 0 Å². The fourth-order valence-electron chi connectivity index (χ4n) is 3.11. The molecule has 0 unspecified atom stereocenters. The van der Waals surface area contributed by atoms with E-state index in [1.165, 1.54) is 11.8 Å². The fourth-order valence-corrected chi connectivity index (χ4v) is 3.46. The predicted molar refractivity (Wildman–Crippen MR) is 126 cm³/mol. The van der Waals surface area contributed by atoms with Crippen molar-refractivity contribution < 1.29 is 18.7 Å². The highest BCUT2D eigenvalue weighted by atomic mass is 35.5. The van der Waals surface area contributed by atoms with Crippen LogP contribution in [-0.4, -0.2) is 15.7 Å². The highest BCUT2D eigenvalue weighted by Gasteiger charge is 2.14. The lowest BCUT2D eigenvalue weighted by Gasteiger charge is -2.09. The Morgan fingerprint density at radius 2 is 1.94 bits per heavy atom. The maximum absolute atomic E-state index is 12.5. The van der Waals surface area contributed by atoms with Crippen molar-refractivity contribution in [1.82, 2.24) is 9.78 Å². The van der Waals surface area contributed by atoms with Gasteiger partial charge < -0.3 is 19.2 Å².